The monoisotopic (exact) mass is 918 g/mol. The first-order chi connectivity index (χ1) is 35.7. The molecule has 0 saturated carbocycles. The fraction of sp³-hybridized carbons (Fsp3) is 0. The van der Waals surface area contributed by atoms with Crippen LogP contribution in [0.2, 0.25) is 0 Å². The second-order valence-corrected chi connectivity index (χ2v) is 18.5. The highest BCUT2D eigenvalue weighted by molar-refractivity contribution is 6.16. The van der Waals surface area contributed by atoms with Crippen LogP contribution in [0.5, 0.6) is 0 Å². The molecule has 0 radical (unpaired) electrons. The molecule has 3 heterocycles. The molecular weight excluding hydrogens is 881 g/mol. The van der Waals surface area contributed by atoms with E-state index < -0.39 is 0 Å². The minimum Gasteiger partial charge on any atom is -0.455 e. The molecule has 0 atom stereocenters. The Hall–Kier alpha value is -9.78. The van der Waals surface area contributed by atoms with E-state index in [2.05, 4.69) is 194 Å². The van der Waals surface area contributed by atoms with Crippen LogP contribution in [0.4, 0.5) is 0 Å². The van der Waals surface area contributed by atoms with E-state index in [1.807, 2.05) is 36.4 Å². The van der Waals surface area contributed by atoms with Crippen molar-refractivity contribution < 1.29 is 8.83 Å². The van der Waals surface area contributed by atoms with Crippen LogP contribution in [-0.2, 0) is 0 Å². The number of para-hydroxylation sites is 1. The number of hydrogen-bond acceptors (Lipinski definition) is 6. The van der Waals surface area contributed by atoms with Gasteiger partial charge in [0.1, 0.15) is 16.7 Å². The molecule has 0 fully saturated rings. The summed E-state index contributed by atoms with van der Waals surface area (Å²) in [5, 5.41) is 13.2. The topological polar surface area (TPSA) is 77.8 Å². The lowest BCUT2D eigenvalue weighted by Gasteiger charge is -2.15. The average molecular weight is 919 g/mol. The molecule has 6 heteroatoms. The second-order valence-electron chi connectivity index (χ2n) is 18.5. The number of furan rings is 1. The Labute approximate surface area is 412 Å². The van der Waals surface area contributed by atoms with Crippen LogP contribution in [0.15, 0.2) is 239 Å². The zero-order valence-electron chi connectivity index (χ0n) is 38.5. The van der Waals surface area contributed by atoms with Crippen LogP contribution in [0.1, 0.15) is 0 Å². The lowest BCUT2D eigenvalue weighted by molar-refractivity contribution is 0.617. The predicted octanol–water partition coefficient (Wildman–Crippen LogP) is 17.7. The van der Waals surface area contributed by atoms with Crippen molar-refractivity contribution in [2.45, 2.75) is 0 Å². The van der Waals surface area contributed by atoms with Gasteiger partial charge in [0.15, 0.2) is 23.1 Å². The molecule has 0 spiro atoms. The SMILES string of the molecule is c1ccc(-c2nc3cc4c(cc3o2)oc2c(-c3ccc(-c5ccc(-c6nc(-c7c8ccccc8cc8ccccc78)nc(-c7c8ccccc8cc8ccccc78)n6)cc5)c5ccccc35)cccc24)cc1. The van der Waals surface area contributed by atoms with E-state index in [-0.39, 0.29) is 0 Å². The first kappa shape index (κ1) is 40.1. The molecule has 72 heavy (non-hydrogen) atoms. The Morgan fingerprint density at radius 1 is 0.264 bits per heavy atom. The van der Waals surface area contributed by atoms with E-state index in [4.69, 9.17) is 28.8 Å². The molecule has 334 valence electrons. The third kappa shape index (κ3) is 6.36. The highest BCUT2D eigenvalue weighted by Gasteiger charge is 2.22. The maximum Gasteiger partial charge on any atom is 0.227 e. The number of nitrogens with zero attached hydrogens (tertiary/aromatic N) is 4. The molecule has 6 nitrogen and oxygen atoms in total. The number of fused-ring (bicyclic) bond motifs is 9. The number of oxazole rings is 1. The highest BCUT2D eigenvalue weighted by atomic mass is 16.4. The normalized spacial score (nSPS) is 11.9. The van der Waals surface area contributed by atoms with Crippen molar-refractivity contribution in [2.75, 3.05) is 0 Å². The van der Waals surface area contributed by atoms with Crippen molar-refractivity contribution in [3.05, 3.63) is 231 Å². The van der Waals surface area contributed by atoms with E-state index >= 15 is 0 Å². The summed E-state index contributed by atoms with van der Waals surface area (Å²) in [5.74, 6) is 2.46. The minimum atomic E-state index is 0.592. The number of aromatic nitrogens is 4. The zero-order valence-corrected chi connectivity index (χ0v) is 38.5. The van der Waals surface area contributed by atoms with Crippen molar-refractivity contribution in [3.8, 4) is 67.9 Å². The molecule has 0 saturated heterocycles. The van der Waals surface area contributed by atoms with Crippen molar-refractivity contribution >= 4 is 86.9 Å². The molecule has 12 aromatic carbocycles. The first-order valence-corrected chi connectivity index (χ1v) is 24.2. The quantitative estimate of drug-likeness (QED) is 0.155. The van der Waals surface area contributed by atoms with Gasteiger partial charge < -0.3 is 8.83 Å². The van der Waals surface area contributed by atoms with E-state index in [9.17, 15) is 0 Å². The zero-order chi connectivity index (χ0) is 47.3. The molecule has 0 bridgehead atoms. The van der Waals surface area contributed by atoms with Gasteiger partial charge in [-0.2, -0.15) is 0 Å². The Bertz CT molecular complexity index is 4440. The van der Waals surface area contributed by atoms with Crippen LogP contribution < -0.4 is 0 Å². The Balaban J connectivity index is 0.866. The fourth-order valence-corrected chi connectivity index (χ4v) is 11.0. The summed E-state index contributed by atoms with van der Waals surface area (Å²) in [6.45, 7) is 0. The molecule has 15 aromatic rings. The van der Waals surface area contributed by atoms with Gasteiger partial charge in [-0.15, -0.1) is 0 Å². The van der Waals surface area contributed by atoms with Crippen molar-refractivity contribution in [1.29, 1.82) is 0 Å². The third-order valence-corrected chi connectivity index (χ3v) is 14.3. The molecular formula is C66H38N4O2. The van der Waals surface area contributed by atoms with E-state index in [0.717, 1.165) is 126 Å². The first-order valence-electron chi connectivity index (χ1n) is 24.2. The fourth-order valence-electron chi connectivity index (χ4n) is 11.0. The van der Waals surface area contributed by atoms with Gasteiger partial charge in [0.05, 0.1) is 0 Å². The summed E-state index contributed by atoms with van der Waals surface area (Å²) >= 11 is 0. The summed E-state index contributed by atoms with van der Waals surface area (Å²) < 4.78 is 13.0. The lowest BCUT2D eigenvalue weighted by atomic mass is 9.91. The van der Waals surface area contributed by atoms with Crippen LogP contribution >= 0.6 is 0 Å². The van der Waals surface area contributed by atoms with Crippen molar-refractivity contribution in [2.24, 2.45) is 0 Å². The molecule has 15 rings (SSSR count). The Morgan fingerprint density at radius 3 is 1.35 bits per heavy atom. The standard InChI is InChI=1S/C66H38N4O2/c1-2-15-41(16-3-1)66-67-57-37-56-55-28-14-27-54(62(55)71-58(56)38-59(57)72-66)53-34-33-46(51-25-12-13-26-52(51)53)39-29-31-40(32-30-39)63-68-64(60-47-21-8-4-17-42(47)35-43-18-5-9-22-48(43)60)70-65(69-63)61-49-23-10-6-19-44(49)36-45-20-7-11-24-50(45)61/h1-38H. The molecule has 0 aliphatic rings. The summed E-state index contributed by atoms with van der Waals surface area (Å²) in [7, 11) is 0. The Kier molecular flexibility index (Phi) is 8.86. The number of rotatable bonds is 6. The predicted molar refractivity (Wildman–Crippen MR) is 295 cm³/mol. The molecule has 0 amide bonds. The van der Waals surface area contributed by atoms with Crippen LogP contribution in [0.25, 0.3) is 155 Å². The smallest absolute Gasteiger partial charge is 0.227 e. The largest absolute Gasteiger partial charge is 0.455 e. The minimum absolute atomic E-state index is 0.592. The van der Waals surface area contributed by atoms with E-state index in [1.165, 1.54) is 0 Å². The number of benzene rings is 12. The highest BCUT2D eigenvalue weighted by Crippen LogP contribution is 2.44. The van der Waals surface area contributed by atoms with Crippen molar-refractivity contribution in [3.63, 3.8) is 0 Å². The van der Waals surface area contributed by atoms with Gasteiger partial charge >= 0.3 is 0 Å². The summed E-state index contributed by atoms with van der Waals surface area (Å²) in [5.41, 5.74) is 11.2. The third-order valence-electron chi connectivity index (χ3n) is 14.3. The van der Waals surface area contributed by atoms with Crippen molar-refractivity contribution in [1.82, 2.24) is 19.9 Å². The summed E-state index contributed by atoms with van der Waals surface area (Å²) in [4.78, 5) is 21.1. The van der Waals surface area contributed by atoms with Gasteiger partial charge in [-0.25, -0.2) is 19.9 Å². The van der Waals surface area contributed by atoms with Crippen LogP contribution in [0.3, 0.4) is 0 Å². The Morgan fingerprint density at radius 2 is 0.750 bits per heavy atom. The molecule has 0 aliphatic carbocycles. The van der Waals surface area contributed by atoms with Gasteiger partial charge in [0, 0.05) is 44.7 Å². The van der Waals surface area contributed by atoms with Gasteiger partial charge in [0.25, 0.3) is 0 Å². The van der Waals surface area contributed by atoms with Crippen LogP contribution in [0, 0.1) is 0 Å². The summed E-state index contributed by atoms with van der Waals surface area (Å²) in [6, 6.07) is 80.7. The van der Waals surface area contributed by atoms with Crippen LogP contribution in [-0.4, -0.2) is 19.9 Å². The molecule has 0 N–H and O–H groups in total. The maximum atomic E-state index is 6.73. The second kappa shape index (κ2) is 15.9. The summed E-state index contributed by atoms with van der Waals surface area (Å²) in [6.07, 6.45) is 0. The maximum absolute atomic E-state index is 6.73. The van der Waals surface area contributed by atoms with E-state index in [0.29, 0.717) is 28.9 Å². The molecule has 0 unspecified atom stereocenters. The molecule has 0 aliphatic heterocycles. The van der Waals surface area contributed by atoms with Gasteiger partial charge in [-0.1, -0.05) is 194 Å². The van der Waals surface area contributed by atoms with E-state index in [1.54, 1.807) is 0 Å². The van der Waals surface area contributed by atoms with Gasteiger partial charge in [-0.3, -0.25) is 0 Å². The van der Waals surface area contributed by atoms with Gasteiger partial charge in [-0.05, 0) is 101 Å². The molecule has 3 aromatic heterocycles. The number of hydrogen-bond donors (Lipinski definition) is 0. The lowest BCUT2D eigenvalue weighted by Crippen LogP contribution is -2.02. The average Bonchev–Trinajstić information content (AvgIpc) is 4.04. The van der Waals surface area contributed by atoms with Gasteiger partial charge in [0.2, 0.25) is 5.89 Å².